The second kappa shape index (κ2) is 5.97. The topological polar surface area (TPSA) is 69.8 Å². The van der Waals surface area contributed by atoms with Crippen LogP contribution in [0, 0.1) is 0 Å². The average molecular weight is 389 g/mol. The van der Waals surface area contributed by atoms with Crippen molar-refractivity contribution in [2.24, 2.45) is 0 Å². The van der Waals surface area contributed by atoms with Gasteiger partial charge in [-0.05, 0) is 18.2 Å². The molecule has 9 heteroatoms. The molecule has 5 nitrogen and oxygen atoms in total. The molecule has 3 N–H and O–H groups in total. The Morgan fingerprint density at radius 2 is 2.13 bits per heavy atom. The van der Waals surface area contributed by atoms with Crippen molar-refractivity contribution in [2.45, 2.75) is 19.1 Å². The van der Waals surface area contributed by atoms with Gasteiger partial charge in [0.2, 0.25) is 0 Å². The number of benzene rings is 1. The Labute approximate surface area is 137 Å². The highest BCUT2D eigenvalue weighted by molar-refractivity contribution is 9.10. The number of fused-ring (bicyclic) bond motifs is 1. The van der Waals surface area contributed by atoms with Gasteiger partial charge in [0.15, 0.2) is 5.69 Å². The fourth-order valence-corrected chi connectivity index (χ4v) is 2.90. The van der Waals surface area contributed by atoms with Gasteiger partial charge in [0.05, 0.1) is 5.56 Å². The summed E-state index contributed by atoms with van der Waals surface area (Å²) in [6.07, 6.45) is -3.78. The Hall–Kier alpha value is -1.87. The quantitative estimate of drug-likeness (QED) is 0.740. The molecule has 0 saturated carbocycles. The first-order valence-corrected chi connectivity index (χ1v) is 7.60. The summed E-state index contributed by atoms with van der Waals surface area (Å²) in [5.74, 6) is -0.540. The lowest BCUT2D eigenvalue weighted by Gasteiger charge is -2.14. The zero-order valence-corrected chi connectivity index (χ0v) is 13.3. The molecule has 122 valence electrons. The molecule has 1 aromatic carbocycles. The van der Waals surface area contributed by atoms with Crippen LogP contribution in [0.25, 0.3) is 0 Å². The summed E-state index contributed by atoms with van der Waals surface area (Å²) in [6, 6.07) is 3.54. The van der Waals surface area contributed by atoms with Crippen LogP contribution in [0.4, 0.5) is 18.9 Å². The van der Waals surface area contributed by atoms with Crippen LogP contribution in [0.5, 0.6) is 0 Å². The van der Waals surface area contributed by atoms with Crippen molar-refractivity contribution in [3.8, 4) is 0 Å². The van der Waals surface area contributed by atoms with Gasteiger partial charge < -0.3 is 10.6 Å². The van der Waals surface area contributed by atoms with Crippen LogP contribution in [0.3, 0.4) is 0 Å². The minimum Gasteiger partial charge on any atom is -0.321 e. The molecular weight excluding hydrogens is 377 g/mol. The lowest BCUT2D eigenvalue weighted by Crippen LogP contribution is -2.25. The van der Waals surface area contributed by atoms with Gasteiger partial charge in [-0.3, -0.25) is 9.89 Å². The second-order valence-corrected chi connectivity index (χ2v) is 5.96. The van der Waals surface area contributed by atoms with E-state index in [1.807, 2.05) is 0 Å². The maximum absolute atomic E-state index is 12.9. The van der Waals surface area contributed by atoms with Gasteiger partial charge in [-0.15, -0.1) is 0 Å². The van der Waals surface area contributed by atoms with Gasteiger partial charge in [-0.2, -0.15) is 18.3 Å². The number of carbonyl (C=O) groups is 1. The number of aromatic nitrogens is 2. The van der Waals surface area contributed by atoms with Crippen LogP contribution >= 0.6 is 15.9 Å². The van der Waals surface area contributed by atoms with Gasteiger partial charge in [-0.25, -0.2) is 0 Å². The van der Waals surface area contributed by atoms with Gasteiger partial charge in [0.25, 0.3) is 5.91 Å². The molecule has 0 bridgehead atoms. The normalized spacial score (nSPS) is 14.4. The number of hydrogen-bond donors (Lipinski definition) is 3. The Balaban J connectivity index is 1.85. The van der Waals surface area contributed by atoms with Gasteiger partial charge in [-0.1, -0.05) is 15.9 Å². The first-order valence-electron chi connectivity index (χ1n) is 6.81. The van der Waals surface area contributed by atoms with E-state index in [4.69, 9.17) is 0 Å². The van der Waals surface area contributed by atoms with Gasteiger partial charge >= 0.3 is 6.18 Å². The Morgan fingerprint density at radius 1 is 1.35 bits per heavy atom. The molecular formula is C14H12BrF3N4O. The Morgan fingerprint density at radius 3 is 2.87 bits per heavy atom. The number of carbonyl (C=O) groups excluding carboxylic acids is 1. The smallest absolute Gasteiger partial charge is 0.321 e. The summed E-state index contributed by atoms with van der Waals surface area (Å²) in [4.78, 5) is 12.3. The van der Waals surface area contributed by atoms with Crippen molar-refractivity contribution in [1.82, 2.24) is 15.5 Å². The van der Waals surface area contributed by atoms with E-state index in [1.54, 1.807) is 0 Å². The number of H-pyrrole nitrogens is 1. The third kappa shape index (κ3) is 3.25. The summed E-state index contributed by atoms with van der Waals surface area (Å²) < 4.78 is 38.6. The van der Waals surface area contributed by atoms with E-state index in [-0.39, 0.29) is 15.9 Å². The highest BCUT2D eigenvalue weighted by atomic mass is 79.9. The number of nitrogens with zero attached hydrogens (tertiary/aromatic N) is 1. The molecule has 0 radical (unpaired) electrons. The summed E-state index contributed by atoms with van der Waals surface area (Å²) >= 11 is 2.86. The minimum atomic E-state index is -4.50. The van der Waals surface area contributed by atoms with E-state index < -0.39 is 17.6 Å². The molecule has 0 saturated heterocycles. The molecule has 1 aliphatic rings. The number of nitrogens with one attached hydrogen (secondary N) is 3. The summed E-state index contributed by atoms with van der Waals surface area (Å²) in [5.41, 5.74) is 1.04. The number of anilines is 1. The first kappa shape index (κ1) is 16.0. The Bertz CT molecular complexity index is 757. The standard InChI is InChI=1S/C14H12BrF3N4O/c15-10-2-1-7(5-9(10)14(16,17)18)20-13(23)12-8-6-19-4-3-11(8)21-22-12/h1-2,5,19H,3-4,6H2,(H,20,23)(H,21,22). The molecule has 0 unspecified atom stereocenters. The van der Waals surface area contributed by atoms with E-state index in [2.05, 4.69) is 36.8 Å². The van der Waals surface area contributed by atoms with Crippen LogP contribution in [-0.4, -0.2) is 22.6 Å². The largest absolute Gasteiger partial charge is 0.417 e. The van der Waals surface area contributed by atoms with Crippen LogP contribution in [0.2, 0.25) is 0 Å². The van der Waals surface area contributed by atoms with Crippen molar-refractivity contribution in [1.29, 1.82) is 0 Å². The number of halogens is 4. The molecule has 0 atom stereocenters. The summed E-state index contributed by atoms with van der Waals surface area (Å²) in [5, 5.41) is 12.4. The molecule has 3 rings (SSSR count). The van der Waals surface area contributed by atoms with Gasteiger partial charge in [0.1, 0.15) is 0 Å². The monoisotopic (exact) mass is 388 g/mol. The molecule has 2 heterocycles. The third-order valence-electron chi connectivity index (χ3n) is 3.55. The maximum Gasteiger partial charge on any atom is 0.417 e. The molecule has 1 aliphatic heterocycles. The van der Waals surface area contributed by atoms with Crippen molar-refractivity contribution >= 4 is 27.5 Å². The third-order valence-corrected chi connectivity index (χ3v) is 4.24. The predicted molar refractivity (Wildman–Crippen MR) is 81.1 cm³/mol. The van der Waals surface area contributed by atoms with Crippen LogP contribution < -0.4 is 10.6 Å². The maximum atomic E-state index is 12.9. The van der Waals surface area contributed by atoms with E-state index >= 15 is 0 Å². The second-order valence-electron chi connectivity index (χ2n) is 5.10. The number of alkyl halides is 3. The van der Waals surface area contributed by atoms with Crippen molar-refractivity contribution in [3.63, 3.8) is 0 Å². The van der Waals surface area contributed by atoms with E-state index in [9.17, 15) is 18.0 Å². The first-order chi connectivity index (χ1) is 10.9. The summed E-state index contributed by atoms with van der Waals surface area (Å²) in [6.45, 7) is 1.29. The van der Waals surface area contributed by atoms with Crippen molar-refractivity contribution < 1.29 is 18.0 Å². The predicted octanol–water partition coefficient (Wildman–Crippen LogP) is 3.09. The average Bonchev–Trinajstić information content (AvgIpc) is 2.92. The van der Waals surface area contributed by atoms with Crippen LogP contribution in [-0.2, 0) is 19.1 Å². The zero-order valence-electron chi connectivity index (χ0n) is 11.7. The summed E-state index contributed by atoms with van der Waals surface area (Å²) in [7, 11) is 0. The molecule has 0 fully saturated rings. The lowest BCUT2D eigenvalue weighted by molar-refractivity contribution is -0.138. The fourth-order valence-electron chi connectivity index (χ4n) is 2.42. The number of amides is 1. The SMILES string of the molecule is O=C(Nc1ccc(Br)c(C(F)(F)F)c1)c1n[nH]c2c1CNCC2. The molecule has 1 amide bonds. The zero-order chi connectivity index (χ0) is 16.6. The van der Waals surface area contributed by atoms with Crippen LogP contribution in [0.15, 0.2) is 22.7 Å². The van der Waals surface area contributed by atoms with E-state index in [0.29, 0.717) is 6.54 Å². The van der Waals surface area contributed by atoms with Crippen molar-refractivity contribution in [3.05, 3.63) is 45.2 Å². The molecule has 0 aliphatic carbocycles. The number of aromatic amines is 1. The van der Waals surface area contributed by atoms with Crippen LogP contribution in [0.1, 0.15) is 27.3 Å². The molecule has 0 spiro atoms. The molecule has 2 aromatic rings. The van der Waals surface area contributed by atoms with E-state index in [1.165, 1.54) is 12.1 Å². The molecule has 23 heavy (non-hydrogen) atoms. The minimum absolute atomic E-state index is 0.0612. The highest BCUT2D eigenvalue weighted by Crippen LogP contribution is 2.36. The van der Waals surface area contributed by atoms with Crippen molar-refractivity contribution in [2.75, 3.05) is 11.9 Å². The fraction of sp³-hybridized carbons (Fsp3) is 0.286. The number of hydrogen-bond acceptors (Lipinski definition) is 3. The Kier molecular flexibility index (Phi) is 4.15. The van der Waals surface area contributed by atoms with E-state index in [0.717, 1.165) is 30.3 Å². The molecule has 1 aromatic heterocycles. The van der Waals surface area contributed by atoms with Gasteiger partial charge in [0, 0.05) is 40.9 Å². The number of rotatable bonds is 2. The highest BCUT2D eigenvalue weighted by Gasteiger charge is 2.33. The lowest BCUT2D eigenvalue weighted by atomic mass is 10.1.